The second-order valence-corrected chi connectivity index (χ2v) is 6.22. The van der Waals surface area contributed by atoms with Gasteiger partial charge in [0, 0.05) is 18.3 Å². The highest BCUT2D eigenvalue weighted by atomic mass is 32.2. The number of nitrogens with zero attached hydrogens (tertiary/aromatic N) is 2. The van der Waals surface area contributed by atoms with Crippen LogP contribution in [0, 0.1) is 0 Å². The zero-order valence-electron chi connectivity index (χ0n) is 12.9. The molecule has 1 heterocycles. The monoisotopic (exact) mass is 300 g/mol. The molecule has 2 N–H and O–H groups in total. The molecule has 0 amide bonds. The first-order chi connectivity index (χ1) is 9.69. The first-order valence-electron chi connectivity index (χ1n) is 7.70. The summed E-state index contributed by atoms with van der Waals surface area (Å²) in [6, 6.07) is 0.601. The molecule has 0 aliphatic carbocycles. The van der Waals surface area contributed by atoms with Crippen LogP contribution in [-0.2, 0) is 6.54 Å². The van der Waals surface area contributed by atoms with Gasteiger partial charge in [-0.15, -0.1) is 5.10 Å². The van der Waals surface area contributed by atoms with E-state index in [2.05, 4.69) is 36.3 Å². The summed E-state index contributed by atoms with van der Waals surface area (Å²) >= 11 is 1.68. The van der Waals surface area contributed by atoms with Gasteiger partial charge in [-0.3, -0.25) is 4.57 Å². The van der Waals surface area contributed by atoms with Gasteiger partial charge in [-0.1, -0.05) is 32.0 Å². The number of nitrogens with one attached hydrogen (secondary N) is 2. The molecule has 0 aliphatic heterocycles. The summed E-state index contributed by atoms with van der Waals surface area (Å²) in [7, 11) is 0. The van der Waals surface area contributed by atoms with Gasteiger partial charge >= 0.3 is 5.69 Å². The maximum absolute atomic E-state index is 11.5. The minimum atomic E-state index is -0.0910. The van der Waals surface area contributed by atoms with Crippen LogP contribution in [0.4, 0.5) is 0 Å². The lowest BCUT2D eigenvalue weighted by Crippen LogP contribution is -2.26. The van der Waals surface area contributed by atoms with E-state index in [1.807, 2.05) is 0 Å². The summed E-state index contributed by atoms with van der Waals surface area (Å²) in [4.78, 5) is 11.5. The summed E-state index contributed by atoms with van der Waals surface area (Å²) in [6.45, 7) is 8.35. The number of H-pyrrole nitrogens is 1. The first-order valence-corrected chi connectivity index (χ1v) is 8.69. The molecule has 116 valence electrons. The molecule has 5 nitrogen and oxygen atoms in total. The molecule has 20 heavy (non-hydrogen) atoms. The van der Waals surface area contributed by atoms with Crippen molar-refractivity contribution in [2.24, 2.45) is 0 Å². The van der Waals surface area contributed by atoms with E-state index in [0.717, 1.165) is 36.8 Å². The Kier molecular flexibility index (Phi) is 8.69. The van der Waals surface area contributed by atoms with E-state index in [1.165, 1.54) is 19.3 Å². The molecule has 0 saturated heterocycles. The molecule has 0 radical (unpaired) electrons. The molecule has 0 aliphatic rings. The molecule has 1 unspecified atom stereocenters. The van der Waals surface area contributed by atoms with Crippen LogP contribution in [-0.4, -0.2) is 33.1 Å². The molecule has 1 aromatic rings. The predicted molar refractivity (Wildman–Crippen MR) is 85.5 cm³/mol. The molecule has 6 heteroatoms. The molecule has 0 bridgehead atoms. The normalized spacial score (nSPS) is 12.8. The fourth-order valence-corrected chi connectivity index (χ4v) is 3.01. The number of hydrogen-bond acceptors (Lipinski definition) is 4. The van der Waals surface area contributed by atoms with Gasteiger partial charge in [0.2, 0.25) is 0 Å². The van der Waals surface area contributed by atoms with Crippen molar-refractivity contribution < 1.29 is 0 Å². The van der Waals surface area contributed by atoms with Crippen LogP contribution >= 0.6 is 11.8 Å². The smallest absolute Gasteiger partial charge is 0.314 e. The van der Waals surface area contributed by atoms with E-state index < -0.39 is 0 Å². The number of thioether (sulfide) groups is 1. The van der Waals surface area contributed by atoms with Crippen molar-refractivity contribution in [1.29, 1.82) is 0 Å². The number of aromatic nitrogens is 3. The first kappa shape index (κ1) is 17.3. The maximum Gasteiger partial charge on any atom is 0.343 e. The zero-order valence-corrected chi connectivity index (χ0v) is 13.8. The Morgan fingerprint density at radius 2 is 2.15 bits per heavy atom. The fraction of sp³-hybridized carbons (Fsp3) is 0.857. The minimum absolute atomic E-state index is 0.0910. The molecular weight excluding hydrogens is 272 g/mol. The summed E-state index contributed by atoms with van der Waals surface area (Å²) in [5, 5.41) is 10.9. The van der Waals surface area contributed by atoms with E-state index in [1.54, 1.807) is 16.3 Å². The zero-order chi connectivity index (χ0) is 14.8. The van der Waals surface area contributed by atoms with Crippen molar-refractivity contribution in [1.82, 2.24) is 20.1 Å². The lowest BCUT2D eigenvalue weighted by atomic mass is 10.1. The quantitative estimate of drug-likeness (QED) is 0.487. The van der Waals surface area contributed by atoms with Crippen molar-refractivity contribution in [3.8, 4) is 0 Å². The lowest BCUT2D eigenvalue weighted by Gasteiger charge is -2.12. The van der Waals surface area contributed by atoms with E-state index in [9.17, 15) is 4.79 Å². The minimum Gasteiger partial charge on any atom is -0.314 e. The largest absolute Gasteiger partial charge is 0.343 e. The van der Waals surface area contributed by atoms with Crippen LogP contribution in [0.1, 0.15) is 52.9 Å². The highest BCUT2D eigenvalue weighted by molar-refractivity contribution is 7.99. The van der Waals surface area contributed by atoms with Crippen molar-refractivity contribution in [2.45, 2.75) is 70.6 Å². The van der Waals surface area contributed by atoms with Gasteiger partial charge in [-0.05, 0) is 39.2 Å². The third-order valence-electron chi connectivity index (χ3n) is 3.18. The Bertz CT molecular complexity index is 416. The van der Waals surface area contributed by atoms with Crippen molar-refractivity contribution in [2.75, 3.05) is 12.3 Å². The summed E-state index contributed by atoms with van der Waals surface area (Å²) in [6.07, 6.45) is 5.73. The Morgan fingerprint density at radius 1 is 1.35 bits per heavy atom. The van der Waals surface area contributed by atoms with Gasteiger partial charge in [-0.2, -0.15) is 0 Å². The second kappa shape index (κ2) is 10.0. The third kappa shape index (κ3) is 6.13. The number of unbranched alkanes of at least 4 members (excludes halogenated alkanes) is 1. The summed E-state index contributed by atoms with van der Waals surface area (Å²) < 4.78 is 1.73. The molecule has 0 fully saturated rings. The van der Waals surface area contributed by atoms with E-state index in [0.29, 0.717) is 6.04 Å². The van der Waals surface area contributed by atoms with Crippen LogP contribution in [0.2, 0.25) is 0 Å². The predicted octanol–water partition coefficient (Wildman–Crippen LogP) is 2.63. The number of rotatable bonds is 11. The van der Waals surface area contributed by atoms with Crippen LogP contribution in [0.25, 0.3) is 0 Å². The SMILES string of the molecule is CCCNC(C)CCCCSc1n[nH]c(=O)n1CCC. The number of hydrogen-bond donors (Lipinski definition) is 2. The highest BCUT2D eigenvalue weighted by Gasteiger charge is 2.07. The number of aromatic amines is 1. The highest BCUT2D eigenvalue weighted by Crippen LogP contribution is 2.16. The lowest BCUT2D eigenvalue weighted by molar-refractivity contribution is 0.496. The molecule has 0 aromatic carbocycles. The van der Waals surface area contributed by atoms with Crippen molar-refractivity contribution in [3.05, 3.63) is 10.5 Å². The Morgan fingerprint density at radius 3 is 2.85 bits per heavy atom. The average molecular weight is 300 g/mol. The summed E-state index contributed by atoms with van der Waals surface area (Å²) in [5.41, 5.74) is -0.0910. The van der Waals surface area contributed by atoms with Crippen LogP contribution in [0.15, 0.2) is 9.95 Å². The molecule has 1 rings (SSSR count). The summed E-state index contributed by atoms with van der Waals surface area (Å²) in [5.74, 6) is 1.02. The molecule has 1 atom stereocenters. The van der Waals surface area contributed by atoms with Crippen molar-refractivity contribution >= 4 is 11.8 Å². The van der Waals surface area contributed by atoms with Crippen molar-refractivity contribution in [3.63, 3.8) is 0 Å². The Hall–Kier alpha value is -0.750. The van der Waals surface area contributed by atoms with E-state index in [-0.39, 0.29) is 5.69 Å². The standard InChI is InChI=1S/C14H28N4OS/c1-4-9-15-12(3)8-6-7-11-20-14-17-16-13(19)18(14)10-5-2/h12,15H,4-11H2,1-3H3,(H,16,19). The molecule has 0 saturated carbocycles. The fourth-order valence-electron chi connectivity index (χ4n) is 2.04. The Labute approximate surface area is 125 Å². The molecule has 1 aromatic heterocycles. The average Bonchev–Trinajstić information content (AvgIpc) is 2.78. The Balaban J connectivity index is 2.20. The van der Waals surface area contributed by atoms with Crippen LogP contribution < -0.4 is 11.0 Å². The van der Waals surface area contributed by atoms with Crippen LogP contribution in [0.5, 0.6) is 0 Å². The molecule has 0 spiro atoms. The van der Waals surface area contributed by atoms with Gasteiger partial charge < -0.3 is 5.32 Å². The van der Waals surface area contributed by atoms with Gasteiger partial charge in [0.15, 0.2) is 5.16 Å². The van der Waals surface area contributed by atoms with Gasteiger partial charge in [0.1, 0.15) is 0 Å². The third-order valence-corrected chi connectivity index (χ3v) is 4.24. The van der Waals surface area contributed by atoms with Gasteiger partial charge in [0.25, 0.3) is 0 Å². The maximum atomic E-state index is 11.5. The van der Waals surface area contributed by atoms with E-state index in [4.69, 9.17) is 0 Å². The molecular formula is C14H28N4OS. The topological polar surface area (TPSA) is 62.7 Å². The van der Waals surface area contributed by atoms with Gasteiger partial charge in [-0.25, -0.2) is 9.89 Å². The van der Waals surface area contributed by atoms with Gasteiger partial charge in [0.05, 0.1) is 0 Å². The van der Waals surface area contributed by atoms with E-state index >= 15 is 0 Å². The second-order valence-electron chi connectivity index (χ2n) is 5.16. The van der Waals surface area contributed by atoms with Crippen LogP contribution in [0.3, 0.4) is 0 Å².